The van der Waals surface area contributed by atoms with E-state index in [1.165, 1.54) is 5.56 Å². The van der Waals surface area contributed by atoms with Gasteiger partial charge in [-0.25, -0.2) is 0 Å². The van der Waals surface area contributed by atoms with Crippen molar-refractivity contribution in [2.24, 2.45) is 0 Å². The molecule has 17 heavy (non-hydrogen) atoms. The summed E-state index contributed by atoms with van der Waals surface area (Å²) >= 11 is 5.98. The zero-order valence-corrected chi connectivity index (χ0v) is 12.1. The predicted molar refractivity (Wildman–Crippen MR) is 74.2 cm³/mol. The molecular formula is C14H22ClNO. The summed E-state index contributed by atoms with van der Waals surface area (Å²) in [5, 5.41) is 3.21. The molecular weight excluding hydrogens is 234 g/mol. The van der Waals surface area contributed by atoms with Crippen molar-refractivity contribution < 1.29 is 4.74 Å². The molecule has 96 valence electrons. The van der Waals surface area contributed by atoms with Gasteiger partial charge in [-0.15, -0.1) is 11.6 Å². The van der Waals surface area contributed by atoms with Crippen LogP contribution in [0.2, 0.25) is 0 Å². The van der Waals surface area contributed by atoms with Crippen molar-refractivity contribution in [1.82, 2.24) is 5.32 Å². The summed E-state index contributed by atoms with van der Waals surface area (Å²) in [4.78, 5) is 0. The van der Waals surface area contributed by atoms with E-state index in [-0.39, 0.29) is 11.5 Å². The molecule has 3 heteroatoms. The third-order valence-electron chi connectivity index (χ3n) is 2.97. The predicted octanol–water partition coefficient (Wildman–Crippen LogP) is 3.49. The highest BCUT2D eigenvalue weighted by molar-refractivity contribution is 6.18. The van der Waals surface area contributed by atoms with Crippen LogP contribution in [0.3, 0.4) is 0 Å². The molecule has 1 aromatic carbocycles. The number of benzene rings is 1. The van der Waals surface area contributed by atoms with Crippen molar-refractivity contribution in [3.8, 4) is 5.75 Å². The molecule has 0 heterocycles. The minimum Gasteiger partial charge on any atom is -0.496 e. The molecule has 0 amide bonds. The summed E-state index contributed by atoms with van der Waals surface area (Å²) < 4.78 is 5.40. The van der Waals surface area contributed by atoms with Crippen molar-refractivity contribution in [2.45, 2.75) is 32.2 Å². The summed E-state index contributed by atoms with van der Waals surface area (Å²) in [6.45, 7) is 6.61. The lowest BCUT2D eigenvalue weighted by Crippen LogP contribution is -2.20. The van der Waals surface area contributed by atoms with Crippen LogP contribution in [0.5, 0.6) is 5.75 Å². The lowest BCUT2D eigenvalue weighted by Gasteiger charge is -2.23. The van der Waals surface area contributed by atoms with Gasteiger partial charge in [-0.3, -0.25) is 0 Å². The maximum absolute atomic E-state index is 5.98. The Kier molecular flexibility index (Phi) is 4.84. The number of hydrogen-bond donors (Lipinski definition) is 1. The van der Waals surface area contributed by atoms with Gasteiger partial charge in [-0.2, -0.15) is 0 Å². The maximum atomic E-state index is 5.98. The maximum Gasteiger partial charge on any atom is 0.123 e. The zero-order chi connectivity index (χ0) is 13.1. The lowest BCUT2D eigenvalue weighted by atomic mass is 9.85. The van der Waals surface area contributed by atoms with Crippen LogP contribution in [0.1, 0.15) is 37.9 Å². The third kappa shape index (κ3) is 3.36. The van der Waals surface area contributed by atoms with Crippen LogP contribution in [0.15, 0.2) is 18.2 Å². The summed E-state index contributed by atoms with van der Waals surface area (Å²) in [6.07, 6.45) is 0. The van der Waals surface area contributed by atoms with Crippen LogP contribution in [-0.2, 0) is 5.41 Å². The molecule has 0 radical (unpaired) electrons. The van der Waals surface area contributed by atoms with Gasteiger partial charge in [0.05, 0.1) is 7.11 Å². The summed E-state index contributed by atoms with van der Waals surface area (Å²) in [7, 11) is 3.60. The van der Waals surface area contributed by atoms with Gasteiger partial charge in [-0.1, -0.05) is 26.8 Å². The van der Waals surface area contributed by atoms with Gasteiger partial charge < -0.3 is 10.1 Å². The fraction of sp³-hybridized carbons (Fsp3) is 0.571. The number of rotatable bonds is 4. The first-order valence-electron chi connectivity index (χ1n) is 5.85. The second kappa shape index (κ2) is 5.74. The quantitative estimate of drug-likeness (QED) is 0.832. The summed E-state index contributed by atoms with van der Waals surface area (Å²) in [6, 6.07) is 6.44. The van der Waals surface area contributed by atoms with Gasteiger partial charge in [0.2, 0.25) is 0 Å². The zero-order valence-electron chi connectivity index (χ0n) is 11.3. The molecule has 0 saturated heterocycles. The van der Waals surface area contributed by atoms with E-state index in [0.717, 1.165) is 11.3 Å². The first-order chi connectivity index (χ1) is 7.93. The highest BCUT2D eigenvalue weighted by Crippen LogP contribution is 2.31. The van der Waals surface area contributed by atoms with Gasteiger partial charge in [0, 0.05) is 17.5 Å². The fourth-order valence-electron chi connectivity index (χ4n) is 1.79. The van der Waals surface area contributed by atoms with E-state index >= 15 is 0 Å². The van der Waals surface area contributed by atoms with Gasteiger partial charge in [0.1, 0.15) is 5.75 Å². The molecule has 1 rings (SSSR count). The molecule has 0 spiro atoms. The topological polar surface area (TPSA) is 21.3 Å². The molecule has 1 N–H and O–H groups in total. The Balaban J connectivity index is 3.24. The van der Waals surface area contributed by atoms with Crippen LogP contribution in [0.25, 0.3) is 0 Å². The molecule has 0 aromatic heterocycles. The molecule has 1 atom stereocenters. The minimum atomic E-state index is 0.119. The number of alkyl halides is 1. The number of methoxy groups -OCH3 is 1. The van der Waals surface area contributed by atoms with Gasteiger partial charge >= 0.3 is 0 Å². The van der Waals surface area contributed by atoms with Crippen molar-refractivity contribution in [3.05, 3.63) is 29.3 Å². The Morgan fingerprint density at radius 1 is 1.35 bits per heavy atom. The van der Waals surface area contributed by atoms with Crippen LogP contribution >= 0.6 is 11.6 Å². The molecule has 0 aliphatic heterocycles. The smallest absolute Gasteiger partial charge is 0.123 e. The van der Waals surface area contributed by atoms with E-state index in [1.54, 1.807) is 7.11 Å². The fourth-order valence-corrected chi connectivity index (χ4v) is 2.11. The minimum absolute atomic E-state index is 0.119. The van der Waals surface area contributed by atoms with E-state index in [2.05, 4.69) is 38.2 Å². The molecule has 0 aliphatic carbocycles. The van der Waals surface area contributed by atoms with E-state index in [9.17, 15) is 0 Å². The molecule has 0 aliphatic rings. The number of nitrogens with one attached hydrogen (secondary N) is 1. The summed E-state index contributed by atoms with van der Waals surface area (Å²) in [5.41, 5.74) is 2.54. The monoisotopic (exact) mass is 255 g/mol. The second-order valence-electron chi connectivity index (χ2n) is 5.20. The molecule has 0 bridgehead atoms. The normalized spacial score (nSPS) is 13.5. The lowest BCUT2D eigenvalue weighted by molar-refractivity contribution is 0.403. The molecule has 2 nitrogen and oxygen atoms in total. The van der Waals surface area contributed by atoms with Crippen LogP contribution in [0, 0.1) is 0 Å². The van der Waals surface area contributed by atoms with Gasteiger partial charge in [0.15, 0.2) is 0 Å². The second-order valence-corrected chi connectivity index (χ2v) is 5.51. The van der Waals surface area contributed by atoms with Crippen molar-refractivity contribution in [3.63, 3.8) is 0 Å². The van der Waals surface area contributed by atoms with Crippen molar-refractivity contribution >= 4 is 11.6 Å². The van der Waals surface area contributed by atoms with Crippen molar-refractivity contribution in [1.29, 1.82) is 0 Å². The Morgan fingerprint density at radius 3 is 2.41 bits per heavy atom. The highest BCUT2D eigenvalue weighted by Gasteiger charge is 2.19. The third-order valence-corrected chi connectivity index (χ3v) is 3.28. The Hall–Kier alpha value is -0.730. The Labute approximate surface area is 109 Å². The average Bonchev–Trinajstić information content (AvgIpc) is 2.29. The average molecular weight is 256 g/mol. The molecule has 0 fully saturated rings. The SMILES string of the molecule is CNC(CCl)c1cc(C(C)(C)C)ccc1OC. The van der Waals surface area contributed by atoms with Crippen LogP contribution < -0.4 is 10.1 Å². The van der Waals surface area contributed by atoms with Crippen LogP contribution in [0.4, 0.5) is 0 Å². The number of ether oxygens (including phenoxy) is 1. The van der Waals surface area contributed by atoms with E-state index in [0.29, 0.717) is 5.88 Å². The van der Waals surface area contributed by atoms with E-state index in [1.807, 2.05) is 13.1 Å². The highest BCUT2D eigenvalue weighted by atomic mass is 35.5. The largest absolute Gasteiger partial charge is 0.496 e. The first kappa shape index (κ1) is 14.3. The van der Waals surface area contributed by atoms with Crippen molar-refractivity contribution in [2.75, 3.05) is 20.0 Å². The Morgan fingerprint density at radius 2 is 2.00 bits per heavy atom. The molecule has 0 saturated carbocycles. The van der Waals surface area contributed by atoms with E-state index in [4.69, 9.17) is 16.3 Å². The van der Waals surface area contributed by atoms with E-state index < -0.39 is 0 Å². The standard InChI is InChI=1S/C14H22ClNO/c1-14(2,3)10-6-7-13(17-5)11(8-10)12(9-15)16-4/h6-8,12,16H,9H2,1-5H3. The molecule has 1 unspecified atom stereocenters. The summed E-state index contributed by atoms with van der Waals surface area (Å²) in [5.74, 6) is 1.42. The van der Waals surface area contributed by atoms with Gasteiger partial charge in [-0.05, 0) is 30.2 Å². The number of hydrogen-bond acceptors (Lipinski definition) is 2. The molecule has 1 aromatic rings. The number of halogens is 1. The van der Waals surface area contributed by atoms with Crippen LogP contribution in [-0.4, -0.2) is 20.0 Å². The Bertz CT molecular complexity index is 367. The van der Waals surface area contributed by atoms with Gasteiger partial charge in [0.25, 0.3) is 0 Å². The first-order valence-corrected chi connectivity index (χ1v) is 6.39.